The summed E-state index contributed by atoms with van der Waals surface area (Å²) in [4.78, 5) is 12.9. The highest BCUT2D eigenvalue weighted by molar-refractivity contribution is 5.85. The SMILES string of the molecule is O=C(Nc1ccccc1Cc1ccccc1)OC1C[N+]2(Cc3ccccc3)CCC1CC2. The summed E-state index contributed by atoms with van der Waals surface area (Å²) in [5, 5.41) is 3.03. The number of anilines is 1. The normalized spacial score (nSPS) is 24.1. The summed E-state index contributed by atoms with van der Waals surface area (Å²) in [5.74, 6) is 0.482. The first-order chi connectivity index (χ1) is 15.7. The van der Waals surface area contributed by atoms with E-state index in [2.05, 4.69) is 53.8 Å². The van der Waals surface area contributed by atoms with E-state index in [9.17, 15) is 4.79 Å². The van der Waals surface area contributed by atoms with Gasteiger partial charge in [-0.1, -0.05) is 78.9 Å². The molecule has 3 aliphatic rings. The van der Waals surface area contributed by atoms with E-state index >= 15 is 0 Å². The van der Waals surface area contributed by atoms with Gasteiger partial charge in [0.1, 0.15) is 13.1 Å². The fourth-order valence-electron chi connectivity index (χ4n) is 5.44. The van der Waals surface area contributed by atoms with E-state index in [1.807, 2.05) is 36.4 Å². The highest BCUT2D eigenvalue weighted by atomic mass is 16.6. The van der Waals surface area contributed by atoms with Crippen LogP contribution >= 0.6 is 0 Å². The molecule has 3 aliphatic heterocycles. The van der Waals surface area contributed by atoms with Crippen LogP contribution in [0.4, 0.5) is 10.5 Å². The van der Waals surface area contributed by atoms with Crippen molar-refractivity contribution in [3.8, 4) is 0 Å². The fraction of sp³-hybridized carbons (Fsp3) is 0.321. The molecule has 0 spiro atoms. The number of quaternary nitrogens is 1. The highest BCUT2D eigenvalue weighted by Gasteiger charge is 2.47. The first-order valence-electron chi connectivity index (χ1n) is 11.7. The van der Waals surface area contributed by atoms with Crippen molar-refractivity contribution >= 4 is 11.8 Å². The van der Waals surface area contributed by atoms with Crippen molar-refractivity contribution in [2.75, 3.05) is 25.0 Å². The fourth-order valence-corrected chi connectivity index (χ4v) is 5.44. The van der Waals surface area contributed by atoms with Crippen molar-refractivity contribution in [2.24, 2.45) is 5.92 Å². The Morgan fingerprint density at radius 2 is 1.47 bits per heavy atom. The van der Waals surface area contributed by atoms with Gasteiger partial charge >= 0.3 is 6.09 Å². The summed E-state index contributed by atoms with van der Waals surface area (Å²) < 4.78 is 7.06. The van der Waals surface area contributed by atoms with Crippen molar-refractivity contribution < 1.29 is 14.0 Å². The average molecular weight is 428 g/mol. The van der Waals surface area contributed by atoms with Crippen LogP contribution in [-0.2, 0) is 17.7 Å². The minimum atomic E-state index is -0.331. The molecule has 0 saturated carbocycles. The van der Waals surface area contributed by atoms with Gasteiger partial charge in [0.25, 0.3) is 0 Å². The minimum absolute atomic E-state index is 0.0116. The molecule has 3 aromatic carbocycles. The number of piperidine rings is 3. The Kier molecular flexibility index (Phi) is 5.95. The third-order valence-corrected chi connectivity index (χ3v) is 7.15. The van der Waals surface area contributed by atoms with Crippen molar-refractivity contribution in [1.29, 1.82) is 0 Å². The summed E-state index contributed by atoms with van der Waals surface area (Å²) in [6, 6.07) is 29.0. The van der Waals surface area contributed by atoms with Crippen molar-refractivity contribution in [3.05, 3.63) is 102 Å². The molecule has 3 aromatic rings. The van der Waals surface area contributed by atoms with Gasteiger partial charge in [0.15, 0.2) is 6.10 Å². The van der Waals surface area contributed by atoms with Crippen LogP contribution in [0.3, 0.4) is 0 Å². The van der Waals surface area contributed by atoms with E-state index in [1.54, 1.807) is 0 Å². The number of benzene rings is 3. The van der Waals surface area contributed by atoms with Gasteiger partial charge in [0.05, 0.1) is 13.1 Å². The van der Waals surface area contributed by atoms with E-state index < -0.39 is 0 Å². The lowest BCUT2D eigenvalue weighted by Crippen LogP contribution is -2.63. The van der Waals surface area contributed by atoms with E-state index in [0.29, 0.717) is 5.92 Å². The van der Waals surface area contributed by atoms with Crippen molar-refractivity contribution in [1.82, 2.24) is 0 Å². The summed E-state index contributed by atoms with van der Waals surface area (Å²) in [7, 11) is 0. The zero-order valence-corrected chi connectivity index (χ0v) is 18.5. The monoisotopic (exact) mass is 427 g/mol. The number of nitrogens with zero attached hydrogens (tertiary/aromatic N) is 1. The van der Waals surface area contributed by atoms with Crippen LogP contribution in [0.5, 0.6) is 0 Å². The number of ether oxygens (including phenoxy) is 1. The summed E-state index contributed by atoms with van der Waals surface area (Å²) >= 11 is 0. The van der Waals surface area contributed by atoms with Crippen LogP contribution in [0.2, 0.25) is 0 Å². The average Bonchev–Trinajstić information content (AvgIpc) is 2.82. The number of hydrogen-bond acceptors (Lipinski definition) is 2. The number of carbonyl (C=O) groups excluding carboxylic acids is 1. The molecular formula is C28H31N2O2+. The second-order valence-electron chi connectivity index (χ2n) is 9.34. The molecule has 1 amide bonds. The van der Waals surface area contributed by atoms with Crippen molar-refractivity contribution in [2.45, 2.75) is 31.9 Å². The molecule has 4 nitrogen and oxygen atoms in total. The maximum Gasteiger partial charge on any atom is 0.412 e. The molecule has 1 N–H and O–H groups in total. The van der Waals surface area contributed by atoms with Crippen molar-refractivity contribution in [3.63, 3.8) is 0 Å². The second kappa shape index (κ2) is 9.17. The van der Waals surface area contributed by atoms with Gasteiger partial charge in [0.2, 0.25) is 0 Å². The Bertz CT molecular complexity index is 1040. The molecule has 3 heterocycles. The van der Waals surface area contributed by atoms with Crippen LogP contribution in [0, 0.1) is 5.92 Å². The summed E-state index contributed by atoms with van der Waals surface area (Å²) in [6.45, 7) is 4.30. The van der Waals surface area contributed by atoms with Crippen LogP contribution in [0.25, 0.3) is 0 Å². The van der Waals surface area contributed by atoms with E-state index in [0.717, 1.165) is 48.1 Å². The summed E-state index contributed by atoms with van der Waals surface area (Å²) in [6.07, 6.45) is 2.70. The quantitative estimate of drug-likeness (QED) is 0.518. The number of fused-ring (bicyclic) bond motifs is 3. The van der Waals surface area contributed by atoms with Gasteiger partial charge in [-0.2, -0.15) is 0 Å². The first-order valence-corrected chi connectivity index (χ1v) is 11.7. The van der Waals surface area contributed by atoms with Gasteiger partial charge in [0, 0.05) is 30.0 Å². The third-order valence-electron chi connectivity index (χ3n) is 7.15. The predicted octanol–water partition coefficient (Wildman–Crippen LogP) is 5.64. The zero-order valence-electron chi connectivity index (χ0n) is 18.5. The lowest BCUT2D eigenvalue weighted by molar-refractivity contribution is -0.958. The number of nitrogens with one attached hydrogen (secondary N) is 1. The first kappa shape index (κ1) is 20.8. The van der Waals surface area contributed by atoms with Crippen LogP contribution in [0.15, 0.2) is 84.9 Å². The Labute approximate surface area is 190 Å². The number of hydrogen-bond donors (Lipinski definition) is 1. The molecule has 1 atom stereocenters. The molecule has 164 valence electrons. The Hall–Kier alpha value is -3.11. The van der Waals surface area contributed by atoms with E-state index in [4.69, 9.17) is 4.74 Å². The Balaban J connectivity index is 1.24. The van der Waals surface area contributed by atoms with E-state index in [-0.39, 0.29) is 12.2 Å². The maximum atomic E-state index is 12.9. The van der Waals surface area contributed by atoms with Gasteiger partial charge in [-0.15, -0.1) is 0 Å². The Morgan fingerprint density at radius 1 is 0.844 bits per heavy atom. The topological polar surface area (TPSA) is 38.3 Å². The Morgan fingerprint density at radius 3 is 2.19 bits per heavy atom. The molecule has 3 fully saturated rings. The molecule has 0 aromatic heterocycles. The second-order valence-corrected chi connectivity index (χ2v) is 9.34. The largest absolute Gasteiger partial charge is 0.440 e. The highest BCUT2D eigenvalue weighted by Crippen LogP contribution is 2.37. The lowest BCUT2D eigenvalue weighted by atomic mass is 9.83. The molecule has 3 saturated heterocycles. The maximum absolute atomic E-state index is 12.9. The molecule has 0 aliphatic carbocycles. The number of rotatable bonds is 6. The number of para-hydroxylation sites is 1. The smallest absolute Gasteiger partial charge is 0.412 e. The number of carbonyl (C=O) groups is 1. The van der Waals surface area contributed by atoms with Crippen LogP contribution in [-0.4, -0.2) is 36.3 Å². The van der Waals surface area contributed by atoms with Gasteiger partial charge in [-0.25, -0.2) is 4.79 Å². The van der Waals surface area contributed by atoms with Gasteiger partial charge in [-0.3, -0.25) is 5.32 Å². The standard InChI is InChI=1S/C28H30N2O2/c31-28(29-26-14-8-7-13-25(26)19-22-9-3-1-4-10-22)32-27-21-30(17-15-24(27)16-18-30)20-23-11-5-2-6-12-23/h1-14,24,27H,15-21H2/p+1. The lowest BCUT2D eigenvalue weighted by Gasteiger charge is -2.52. The third kappa shape index (κ3) is 4.71. The van der Waals surface area contributed by atoms with E-state index in [1.165, 1.54) is 24.2 Å². The van der Waals surface area contributed by atoms with Gasteiger partial charge < -0.3 is 9.22 Å². The molecule has 32 heavy (non-hydrogen) atoms. The van der Waals surface area contributed by atoms with Crippen LogP contribution < -0.4 is 5.32 Å². The van der Waals surface area contributed by atoms with Crippen LogP contribution in [0.1, 0.15) is 29.5 Å². The molecule has 1 unspecified atom stereocenters. The summed E-state index contributed by atoms with van der Waals surface area (Å²) in [5.41, 5.74) is 4.51. The molecule has 2 bridgehead atoms. The number of amides is 1. The molecule has 0 radical (unpaired) electrons. The molecular weight excluding hydrogens is 396 g/mol. The minimum Gasteiger partial charge on any atom is -0.440 e. The zero-order chi connectivity index (χ0) is 21.8. The van der Waals surface area contributed by atoms with Gasteiger partial charge in [-0.05, 0) is 23.6 Å². The predicted molar refractivity (Wildman–Crippen MR) is 127 cm³/mol. The molecule has 4 heteroatoms. The molecule has 6 rings (SSSR count).